The van der Waals surface area contributed by atoms with Crippen LogP contribution in [0.1, 0.15) is 65.7 Å². The number of rotatable bonds is 5. The molecule has 1 aliphatic heterocycles. The van der Waals surface area contributed by atoms with Crippen molar-refractivity contribution in [2.24, 2.45) is 11.3 Å². The van der Waals surface area contributed by atoms with E-state index in [-0.39, 0.29) is 17.4 Å². The number of nitrogens with zero attached hydrogens (tertiary/aromatic N) is 1. The first-order chi connectivity index (χ1) is 10.3. The molecule has 1 saturated heterocycles. The molecule has 0 aromatic carbocycles. The summed E-state index contributed by atoms with van der Waals surface area (Å²) >= 11 is 0. The summed E-state index contributed by atoms with van der Waals surface area (Å²) < 4.78 is 0. The maximum absolute atomic E-state index is 12.2. The minimum atomic E-state index is -0.192. The predicted molar refractivity (Wildman–Crippen MR) is 89.6 cm³/mol. The maximum Gasteiger partial charge on any atom is 0.223 e. The molecule has 1 unspecified atom stereocenters. The van der Waals surface area contributed by atoms with Crippen LogP contribution in [0, 0.1) is 11.3 Å². The van der Waals surface area contributed by atoms with Gasteiger partial charge in [0.15, 0.2) is 0 Å². The van der Waals surface area contributed by atoms with Crippen molar-refractivity contribution in [3.63, 3.8) is 0 Å². The molecule has 2 fully saturated rings. The number of aliphatic hydroxyl groups excluding tert-OH is 1. The number of nitrogens with one attached hydrogen (secondary N) is 1. The fourth-order valence-electron chi connectivity index (χ4n) is 3.69. The fourth-order valence-corrected chi connectivity index (χ4v) is 3.69. The molecule has 0 aromatic heterocycles. The molecule has 1 saturated carbocycles. The maximum atomic E-state index is 12.2. The Kier molecular flexibility index (Phi) is 6.27. The molecular weight excluding hydrogens is 276 g/mol. The van der Waals surface area contributed by atoms with Gasteiger partial charge in [0.05, 0.1) is 6.10 Å². The Morgan fingerprint density at radius 2 is 1.77 bits per heavy atom. The van der Waals surface area contributed by atoms with Crippen LogP contribution >= 0.6 is 0 Å². The van der Waals surface area contributed by atoms with E-state index in [9.17, 15) is 9.90 Å². The number of hydrogen-bond acceptors (Lipinski definition) is 3. The van der Waals surface area contributed by atoms with Crippen LogP contribution in [0.5, 0.6) is 0 Å². The Hall–Kier alpha value is -0.610. The van der Waals surface area contributed by atoms with E-state index in [1.54, 1.807) is 0 Å². The molecule has 0 spiro atoms. The van der Waals surface area contributed by atoms with Crippen molar-refractivity contribution in [2.75, 3.05) is 19.6 Å². The minimum Gasteiger partial charge on any atom is -0.392 e. The van der Waals surface area contributed by atoms with Crippen molar-refractivity contribution in [1.82, 2.24) is 10.2 Å². The van der Waals surface area contributed by atoms with Gasteiger partial charge in [-0.05, 0) is 37.0 Å². The number of carbonyl (C=O) groups is 1. The number of amides is 1. The van der Waals surface area contributed by atoms with Crippen LogP contribution in [-0.2, 0) is 4.79 Å². The lowest BCUT2D eigenvalue weighted by Crippen LogP contribution is -2.47. The summed E-state index contributed by atoms with van der Waals surface area (Å²) in [6.45, 7) is 8.76. The Morgan fingerprint density at radius 1 is 1.18 bits per heavy atom. The Morgan fingerprint density at radius 3 is 2.32 bits per heavy atom. The van der Waals surface area contributed by atoms with Crippen molar-refractivity contribution in [3.8, 4) is 0 Å². The van der Waals surface area contributed by atoms with Crippen molar-refractivity contribution in [2.45, 2.75) is 77.9 Å². The third kappa shape index (κ3) is 5.54. The average molecular weight is 310 g/mol. The summed E-state index contributed by atoms with van der Waals surface area (Å²) in [4.78, 5) is 14.2. The van der Waals surface area contributed by atoms with Gasteiger partial charge in [-0.2, -0.15) is 0 Å². The largest absolute Gasteiger partial charge is 0.392 e. The predicted octanol–water partition coefficient (Wildman–Crippen LogP) is 2.55. The quantitative estimate of drug-likeness (QED) is 0.820. The van der Waals surface area contributed by atoms with Gasteiger partial charge in [0.1, 0.15) is 0 Å². The van der Waals surface area contributed by atoms with Crippen LogP contribution in [0.4, 0.5) is 0 Å². The monoisotopic (exact) mass is 310 g/mol. The molecule has 1 atom stereocenters. The van der Waals surface area contributed by atoms with Gasteiger partial charge in [-0.1, -0.05) is 33.6 Å². The SMILES string of the molecule is CC(C)(C)CC(=O)N1CCC(NCC(O)C2CCCC2)CC1. The summed E-state index contributed by atoms with van der Waals surface area (Å²) in [5.41, 5.74) is 0.0670. The summed E-state index contributed by atoms with van der Waals surface area (Å²) in [6, 6.07) is 0.453. The Labute approximate surface area is 135 Å². The zero-order valence-corrected chi connectivity index (χ0v) is 14.6. The van der Waals surface area contributed by atoms with E-state index in [4.69, 9.17) is 0 Å². The molecule has 22 heavy (non-hydrogen) atoms. The van der Waals surface area contributed by atoms with E-state index in [0.717, 1.165) is 25.9 Å². The van der Waals surface area contributed by atoms with Gasteiger partial charge in [-0.3, -0.25) is 4.79 Å². The van der Waals surface area contributed by atoms with Crippen LogP contribution in [0.3, 0.4) is 0 Å². The van der Waals surface area contributed by atoms with Gasteiger partial charge < -0.3 is 15.3 Å². The van der Waals surface area contributed by atoms with Gasteiger partial charge in [-0.15, -0.1) is 0 Å². The van der Waals surface area contributed by atoms with E-state index >= 15 is 0 Å². The van der Waals surface area contributed by atoms with E-state index in [1.165, 1.54) is 25.7 Å². The highest BCUT2D eigenvalue weighted by Crippen LogP contribution is 2.27. The van der Waals surface area contributed by atoms with E-state index in [2.05, 4.69) is 26.1 Å². The molecule has 128 valence electrons. The van der Waals surface area contributed by atoms with Crippen LogP contribution in [0.15, 0.2) is 0 Å². The highest BCUT2D eigenvalue weighted by atomic mass is 16.3. The number of likely N-dealkylation sites (tertiary alicyclic amines) is 1. The first kappa shape index (κ1) is 17.7. The molecule has 4 heteroatoms. The first-order valence-electron chi connectivity index (χ1n) is 9.04. The topological polar surface area (TPSA) is 52.6 Å². The second kappa shape index (κ2) is 7.78. The third-order valence-electron chi connectivity index (χ3n) is 5.09. The van der Waals surface area contributed by atoms with E-state index in [1.807, 2.05) is 4.90 Å². The van der Waals surface area contributed by atoms with Crippen LogP contribution in [-0.4, -0.2) is 47.7 Å². The smallest absolute Gasteiger partial charge is 0.223 e. The van der Waals surface area contributed by atoms with E-state index < -0.39 is 0 Å². The highest BCUT2D eigenvalue weighted by molar-refractivity contribution is 5.76. The number of piperidine rings is 1. The Balaban J connectivity index is 1.65. The van der Waals surface area contributed by atoms with Crippen LogP contribution in [0.2, 0.25) is 0 Å². The fraction of sp³-hybridized carbons (Fsp3) is 0.944. The molecular formula is C18H34N2O2. The average Bonchev–Trinajstić information content (AvgIpc) is 2.97. The van der Waals surface area contributed by atoms with Gasteiger partial charge >= 0.3 is 0 Å². The van der Waals surface area contributed by atoms with Crippen molar-refractivity contribution in [1.29, 1.82) is 0 Å². The van der Waals surface area contributed by atoms with Gasteiger partial charge in [0.25, 0.3) is 0 Å². The number of aliphatic hydroxyl groups is 1. The highest BCUT2D eigenvalue weighted by Gasteiger charge is 2.27. The summed E-state index contributed by atoms with van der Waals surface area (Å²) in [7, 11) is 0. The second-order valence-electron chi connectivity index (χ2n) is 8.41. The van der Waals surface area contributed by atoms with Crippen LogP contribution in [0.25, 0.3) is 0 Å². The number of hydrogen-bond donors (Lipinski definition) is 2. The van der Waals surface area contributed by atoms with Crippen molar-refractivity contribution >= 4 is 5.91 Å². The van der Waals surface area contributed by atoms with Crippen LogP contribution < -0.4 is 5.32 Å². The lowest BCUT2D eigenvalue weighted by Gasteiger charge is -2.34. The molecule has 0 bridgehead atoms. The minimum absolute atomic E-state index is 0.0670. The first-order valence-corrected chi connectivity index (χ1v) is 9.04. The standard InChI is InChI=1S/C18H34N2O2/c1-18(2,3)12-17(22)20-10-8-15(9-11-20)19-13-16(21)14-6-4-5-7-14/h14-16,19,21H,4-13H2,1-3H3. The molecule has 0 aromatic rings. The summed E-state index contributed by atoms with van der Waals surface area (Å²) in [5, 5.41) is 13.7. The molecule has 1 heterocycles. The molecule has 4 nitrogen and oxygen atoms in total. The van der Waals surface area contributed by atoms with Gasteiger partial charge in [0.2, 0.25) is 5.91 Å². The molecule has 1 aliphatic carbocycles. The summed E-state index contributed by atoms with van der Waals surface area (Å²) in [6.07, 6.45) is 7.37. The van der Waals surface area contributed by atoms with E-state index in [0.29, 0.717) is 24.9 Å². The molecule has 2 rings (SSSR count). The molecule has 2 N–H and O–H groups in total. The summed E-state index contributed by atoms with van der Waals surface area (Å²) in [5.74, 6) is 0.790. The second-order valence-corrected chi connectivity index (χ2v) is 8.41. The zero-order chi connectivity index (χ0) is 16.2. The lowest BCUT2D eigenvalue weighted by atomic mass is 9.91. The lowest BCUT2D eigenvalue weighted by molar-refractivity contribution is -0.134. The van der Waals surface area contributed by atoms with Crippen molar-refractivity contribution in [3.05, 3.63) is 0 Å². The molecule has 2 aliphatic rings. The van der Waals surface area contributed by atoms with Gasteiger partial charge in [0, 0.05) is 32.1 Å². The molecule has 1 amide bonds. The Bertz CT molecular complexity index is 351. The normalized spacial score (nSPS) is 23.0. The third-order valence-corrected chi connectivity index (χ3v) is 5.09. The molecule has 0 radical (unpaired) electrons. The van der Waals surface area contributed by atoms with Gasteiger partial charge in [-0.25, -0.2) is 0 Å². The van der Waals surface area contributed by atoms with Crippen molar-refractivity contribution < 1.29 is 9.90 Å². The number of carbonyl (C=O) groups excluding carboxylic acids is 1. The zero-order valence-electron chi connectivity index (χ0n) is 14.6.